The third kappa shape index (κ3) is 2.34. The van der Waals surface area contributed by atoms with E-state index in [9.17, 15) is 4.79 Å². The molecule has 2 saturated carbocycles. The van der Waals surface area contributed by atoms with Gasteiger partial charge in [-0.15, -0.1) is 0 Å². The van der Waals surface area contributed by atoms with Crippen LogP contribution in [0.1, 0.15) is 55.3 Å². The van der Waals surface area contributed by atoms with Gasteiger partial charge in [0.15, 0.2) is 0 Å². The van der Waals surface area contributed by atoms with E-state index in [0.29, 0.717) is 17.0 Å². The summed E-state index contributed by atoms with van der Waals surface area (Å²) < 4.78 is 0. The molecule has 0 aliphatic heterocycles. The number of hydrogen-bond acceptors (Lipinski definition) is 2. The van der Waals surface area contributed by atoms with E-state index in [-0.39, 0.29) is 5.91 Å². The van der Waals surface area contributed by atoms with Crippen LogP contribution in [0.4, 0.5) is 5.69 Å². The molecule has 0 saturated heterocycles. The fraction of sp³-hybridized carbons (Fsp3) is 0.562. The third-order valence-electron chi connectivity index (χ3n) is 5.03. The summed E-state index contributed by atoms with van der Waals surface area (Å²) in [6.45, 7) is 0. The summed E-state index contributed by atoms with van der Waals surface area (Å²) in [5, 5.41) is 3.65. The number of anilines is 1. The van der Waals surface area contributed by atoms with E-state index in [0.717, 1.165) is 5.69 Å². The Morgan fingerprint density at radius 1 is 1.11 bits per heavy atom. The average Bonchev–Trinajstić information content (AvgIpc) is 2.45. The Morgan fingerprint density at radius 3 is 2.32 bits per heavy atom. The number of hydrogen-bond donors (Lipinski definition) is 2. The monoisotopic (exact) mass is 258 g/mol. The van der Waals surface area contributed by atoms with E-state index in [2.05, 4.69) is 5.32 Å². The van der Waals surface area contributed by atoms with Crippen molar-refractivity contribution in [3.05, 3.63) is 29.8 Å². The van der Waals surface area contributed by atoms with Crippen LogP contribution in [0.5, 0.6) is 0 Å². The fourth-order valence-corrected chi connectivity index (χ4v) is 3.71. The van der Waals surface area contributed by atoms with E-state index < -0.39 is 0 Å². The highest BCUT2D eigenvalue weighted by molar-refractivity contribution is 5.93. The largest absolute Gasteiger partial charge is 0.382 e. The van der Waals surface area contributed by atoms with Crippen molar-refractivity contribution < 1.29 is 4.79 Å². The van der Waals surface area contributed by atoms with Crippen LogP contribution in [-0.4, -0.2) is 11.9 Å². The molecule has 1 aromatic carbocycles. The topological polar surface area (TPSA) is 55.1 Å². The lowest BCUT2D eigenvalue weighted by molar-refractivity contribution is 0.0571. The van der Waals surface area contributed by atoms with Gasteiger partial charge in [-0.1, -0.05) is 19.3 Å². The van der Waals surface area contributed by atoms with Crippen molar-refractivity contribution in [3.63, 3.8) is 0 Å². The van der Waals surface area contributed by atoms with E-state index in [1.807, 2.05) is 12.1 Å². The molecule has 1 aromatic rings. The van der Waals surface area contributed by atoms with Crippen LogP contribution in [0.15, 0.2) is 24.3 Å². The molecule has 0 bridgehead atoms. The van der Waals surface area contributed by atoms with Gasteiger partial charge < -0.3 is 11.1 Å². The van der Waals surface area contributed by atoms with Gasteiger partial charge >= 0.3 is 0 Å². The predicted molar refractivity (Wildman–Crippen MR) is 77.1 cm³/mol. The SMILES string of the molecule is NC(=O)c1ccc(NC2CCC23CCCCC3)cc1. The van der Waals surface area contributed by atoms with Gasteiger partial charge in [-0.3, -0.25) is 4.79 Å². The molecule has 3 N–H and O–H groups in total. The molecule has 0 radical (unpaired) electrons. The van der Waals surface area contributed by atoms with E-state index in [1.54, 1.807) is 12.1 Å². The molecule has 102 valence electrons. The minimum absolute atomic E-state index is 0.362. The second-order valence-corrected chi connectivity index (χ2v) is 6.10. The van der Waals surface area contributed by atoms with Crippen molar-refractivity contribution in [1.82, 2.24) is 0 Å². The number of carbonyl (C=O) groups excluding carboxylic acids is 1. The van der Waals surface area contributed by atoms with Crippen LogP contribution in [0.25, 0.3) is 0 Å². The number of rotatable bonds is 3. The fourth-order valence-electron chi connectivity index (χ4n) is 3.71. The molecule has 2 aliphatic rings. The van der Waals surface area contributed by atoms with Crippen molar-refractivity contribution in [2.75, 3.05) is 5.32 Å². The first-order chi connectivity index (χ1) is 9.20. The van der Waals surface area contributed by atoms with Crippen LogP contribution in [-0.2, 0) is 0 Å². The van der Waals surface area contributed by atoms with Gasteiger partial charge in [-0.2, -0.15) is 0 Å². The molecule has 1 spiro atoms. The lowest BCUT2D eigenvalue weighted by atomic mass is 9.57. The van der Waals surface area contributed by atoms with E-state index in [4.69, 9.17) is 5.73 Å². The second kappa shape index (κ2) is 4.87. The van der Waals surface area contributed by atoms with Gasteiger partial charge in [-0.25, -0.2) is 0 Å². The van der Waals surface area contributed by atoms with Crippen LogP contribution in [0.3, 0.4) is 0 Å². The summed E-state index contributed by atoms with van der Waals surface area (Å²) >= 11 is 0. The molecule has 19 heavy (non-hydrogen) atoms. The maximum absolute atomic E-state index is 11.0. The molecule has 2 aliphatic carbocycles. The van der Waals surface area contributed by atoms with Crippen molar-refractivity contribution >= 4 is 11.6 Å². The molecular formula is C16H22N2O. The van der Waals surface area contributed by atoms with Gasteiger partial charge in [-0.05, 0) is 55.4 Å². The number of nitrogens with two attached hydrogens (primary N) is 1. The second-order valence-electron chi connectivity index (χ2n) is 6.10. The summed E-state index contributed by atoms with van der Waals surface area (Å²) in [6.07, 6.45) is 9.59. The highest BCUT2D eigenvalue weighted by atomic mass is 16.1. The zero-order valence-corrected chi connectivity index (χ0v) is 11.3. The average molecular weight is 258 g/mol. The highest BCUT2D eigenvalue weighted by Gasteiger charge is 2.46. The zero-order chi connectivity index (χ0) is 13.3. The number of primary amides is 1. The highest BCUT2D eigenvalue weighted by Crippen LogP contribution is 2.52. The Labute approximate surface area is 114 Å². The van der Waals surface area contributed by atoms with Crippen LogP contribution < -0.4 is 11.1 Å². The molecule has 1 atom stereocenters. The lowest BCUT2D eigenvalue weighted by Gasteiger charge is -2.52. The Bertz CT molecular complexity index is 460. The molecule has 3 nitrogen and oxygen atoms in total. The van der Waals surface area contributed by atoms with Gasteiger partial charge in [0.05, 0.1) is 0 Å². The van der Waals surface area contributed by atoms with Crippen LogP contribution in [0, 0.1) is 5.41 Å². The first kappa shape index (κ1) is 12.5. The molecule has 1 unspecified atom stereocenters. The number of nitrogens with one attached hydrogen (secondary N) is 1. The number of benzene rings is 1. The molecule has 2 fully saturated rings. The number of carbonyl (C=O) groups is 1. The summed E-state index contributed by atoms with van der Waals surface area (Å²) in [7, 11) is 0. The van der Waals surface area contributed by atoms with Gasteiger partial charge in [0, 0.05) is 17.3 Å². The molecular weight excluding hydrogens is 236 g/mol. The zero-order valence-electron chi connectivity index (χ0n) is 11.3. The minimum Gasteiger partial charge on any atom is -0.382 e. The third-order valence-corrected chi connectivity index (χ3v) is 5.03. The van der Waals surface area contributed by atoms with Crippen molar-refractivity contribution in [2.45, 2.75) is 51.0 Å². The molecule has 3 heteroatoms. The molecule has 0 aromatic heterocycles. The lowest BCUT2D eigenvalue weighted by Crippen LogP contribution is -2.50. The Hall–Kier alpha value is -1.51. The van der Waals surface area contributed by atoms with Gasteiger partial charge in [0.2, 0.25) is 5.91 Å². The van der Waals surface area contributed by atoms with Crippen molar-refractivity contribution in [3.8, 4) is 0 Å². The van der Waals surface area contributed by atoms with Crippen LogP contribution in [0.2, 0.25) is 0 Å². The summed E-state index contributed by atoms with van der Waals surface area (Å²) in [6, 6.07) is 8.16. The van der Waals surface area contributed by atoms with Crippen molar-refractivity contribution in [1.29, 1.82) is 0 Å². The summed E-state index contributed by atoms with van der Waals surface area (Å²) in [4.78, 5) is 11.0. The first-order valence-electron chi connectivity index (χ1n) is 7.36. The van der Waals surface area contributed by atoms with E-state index >= 15 is 0 Å². The maximum Gasteiger partial charge on any atom is 0.248 e. The van der Waals surface area contributed by atoms with E-state index in [1.165, 1.54) is 44.9 Å². The minimum atomic E-state index is -0.362. The molecule has 1 amide bonds. The van der Waals surface area contributed by atoms with Gasteiger partial charge in [0.1, 0.15) is 0 Å². The molecule has 3 rings (SSSR count). The quantitative estimate of drug-likeness (QED) is 0.874. The maximum atomic E-state index is 11.0. The first-order valence-corrected chi connectivity index (χ1v) is 7.36. The van der Waals surface area contributed by atoms with Crippen LogP contribution >= 0.6 is 0 Å². The summed E-state index contributed by atoms with van der Waals surface area (Å²) in [5.41, 5.74) is 7.50. The normalized spacial score (nSPS) is 24.7. The Kier molecular flexibility index (Phi) is 3.21. The van der Waals surface area contributed by atoms with Crippen molar-refractivity contribution in [2.24, 2.45) is 11.1 Å². The summed E-state index contributed by atoms with van der Waals surface area (Å²) in [5.74, 6) is -0.362. The Balaban J connectivity index is 1.66. The number of amides is 1. The Morgan fingerprint density at radius 2 is 1.79 bits per heavy atom. The smallest absolute Gasteiger partial charge is 0.248 e. The standard InChI is InChI=1S/C16H22N2O/c17-15(19)12-4-6-13(7-5-12)18-14-8-11-16(14)9-2-1-3-10-16/h4-7,14,18H,1-3,8-11H2,(H2,17,19). The van der Waals surface area contributed by atoms with Gasteiger partial charge in [0.25, 0.3) is 0 Å². The predicted octanol–water partition coefficient (Wildman–Crippen LogP) is 3.31. The molecule has 0 heterocycles.